The summed E-state index contributed by atoms with van der Waals surface area (Å²) in [6.07, 6.45) is 1.52. The first-order chi connectivity index (χ1) is 7.35. The number of hydrogen-bond donors (Lipinski definition) is 2. The van der Waals surface area contributed by atoms with Crippen molar-refractivity contribution in [1.82, 2.24) is 4.98 Å². The molecule has 1 rings (SSSR count). The normalized spacial score (nSPS) is 11.0. The third kappa shape index (κ3) is 2.85. The van der Waals surface area contributed by atoms with Gasteiger partial charge in [0, 0.05) is 13.2 Å². The van der Waals surface area contributed by atoms with Crippen LogP contribution in [0.15, 0.2) is 12.3 Å². The quantitative estimate of drug-likeness (QED) is 0.745. The molecule has 5 heteroatoms. The van der Waals surface area contributed by atoms with E-state index >= 15 is 0 Å². The van der Waals surface area contributed by atoms with Crippen LogP contribution in [0.1, 0.15) is 31.1 Å². The Hall–Kier alpha value is -1.78. The van der Waals surface area contributed by atoms with Gasteiger partial charge < -0.3 is 15.8 Å². The van der Waals surface area contributed by atoms with Crippen LogP contribution in [0, 0.1) is 0 Å². The molecule has 0 saturated carbocycles. The van der Waals surface area contributed by atoms with Crippen LogP contribution in [-0.2, 0) is 4.74 Å². The minimum absolute atomic E-state index is 0.305. The number of hydrogen-bond acceptors (Lipinski definition) is 5. The zero-order valence-electron chi connectivity index (χ0n) is 10.00. The van der Waals surface area contributed by atoms with E-state index in [1.165, 1.54) is 6.20 Å². The van der Waals surface area contributed by atoms with Crippen LogP contribution in [-0.4, -0.2) is 23.6 Å². The van der Waals surface area contributed by atoms with Gasteiger partial charge in [0.15, 0.2) is 0 Å². The molecule has 5 nitrogen and oxygen atoms in total. The van der Waals surface area contributed by atoms with E-state index in [0.29, 0.717) is 17.1 Å². The van der Waals surface area contributed by atoms with E-state index in [4.69, 9.17) is 10.5 Å². The predicted molar refractivity (Wildman–Crippen MR) is 63.4 cm³/mol. The zero-order chi connectivity index (χ0) is 12.3. The van der Waals surface area contributed by atoms with Crippen molar-refractivity contribution in [3.05, 3.63) is 17.8 Å². The summed E-state index contributed by atoms with van der Waals surface area (Å²) in [6.45, 7) is 5.42. The van der Waals surface area contributed by atoms with Gasteiger partial charge in [-0.1, -0.05) is 0 Å². The number of aromatic nitrogens is 1. The number of nitrogens with zero attached hydrogens (tertiary/aromatic N) is 1. The average Bonchev–Trinajstić information content (AvgIpc) is 2.15. The lowest BCUT2D eigenvalue weighted by Gasteiger charge is -2.20. The van der Waals surface area contributed by atoms with E-state index in [-0.39, 0.29) is 0 Å². The zero-order valence-corrected chi connectivity index (χ0v) is 10.00. The Labute approximate surface area is 95.0 Å². The molecular formula is C11H17N3O2. The molecule has 1 heterocycles. The average molecular weight is 223 g/mol. The standard InChI is InChI=1S/C11H17N3O2/c1-11(2,3)16-10(15)7-5-6-14-9(13-4)8(7)12/h5-6H,12H2,1-4H3,(H,13,14). The summed E-state index contributed by atoms with van der Waals surface area (Å²) < 4.78 is 5.23. The van der Waals surface area contributed by atoms with Gasteiger partial charge in [-0.15, -0.1) is 0 Å². The Bertz CT molecular complexity index is 397. The van der Waals surface area contributed by atoms with Crippen LogP contribution in [0.2, 0.25) is 0 Å². The van der Waals surface area contributed by atoms with Gasteiger partial charge in [0.1, 0.15) is 11.4 Å². The number of nitrogen functional groups attached to an aromatic ring is 1. The third-order valence-corrected chi connectivity index (χ3v) is 1.85. The molecule has 1 aromatic rings. The maximum Gasteiger partial charge on any atom is 0.340 e. The van der Waals surface area contributed by atoms with Gasteiger partial charge in [-0.3, -0.25) is 0 Å². The molecule has 0 aliphatic heterocycles. The number of anilines is 2. The molecule has 0 unspecified atom stereocenters. The van der Waals surface area contributed by atoms with Crippen LogP contribution < -0.4 is 11.1 Å². The molecule has 0 saturated heterocycles. The number of carbonyl (C=O) groups is 1. The summed E-state index contributed by atoms with van der Waals surface area (Å²) in [5.74, 6) is 0.0345. The topological polar surface area (TPSA) is 77.2 Å². The number of carbonyl (C=O) groups excluding carboxylic acids is 1. The molecule has 88 valence electrons. The summed E-state index contributed by atoms with van der Waals surface area (Å²) in [4.78, 5) is 15.8. The molecule has 1 aromatic heterocycles. The third-order valence-electron chi connectivity index (χ3n) is 1.85. The molecule has 0 spiro atoms. The maximum atomic E-state index is 11.8. The van der Waals surface area contributed by atoms with Crippen LogP contribution in [0.25, 0.3) is 0 Å². The maximum absolute atomic E-state index is 11.8. The minimum Gasteiger partial charge on any atom is -0.456 e. The van der Waals surface area contributed by atoms with Crippen LogP contribution >= 0.6 is 0 Å². The van der Waals surface area contributed by atoms with Crippen molar-refractivity contribution >= 4 is 17.5 Å². The van der Waals surface area contributed by atoms with Crippen molar-refractivity contribution in [2.75, 3.05) is 18.1 Å². The van der Waals surface area contributed by atoms with Crippen molar-refractivity contribution < 1.29 is 9.53 Å². The molecule has 0 aromatic carbocycles. The fourth-order valence-electron chi connectivity index (χ4n) is 1.18. The molecule has 0 atom stereocenters. The molecule has 0 aliphatic carbocycles. The lowest BCUT2D eigenvalue weighted by Crippen LogP contribution is -2.24. The van der Waals surface area contributed by atoms with Gasteiger partial charge in [0.2, 0.25) is 0 Å². The number of nitrogens with one attached hydrogen (secondary N) is 1. The van der Waals surface area contributed by atoms with Crippen LogP contribution in [0.5, 0.6) is 0 Å². The van der Waals surface area contributed by atoms with E-state index in [1.54, 1.807) is 33.9 Å². The Morgan fingerprint density at radius 1 is 1.50 bits per heavy atom. The van der Waals surface area contributed by atoms with Gasteiger partial charge in [-0.05, 0) is 26.8 Å². The molecule has 0 bridgehead atoms. The Balaban J connectivity index is 3.01. The number of ether oxygens (including phenoxy) is 1. The van der Waals surface area contributed by atoms with Crippen molar-refractivity contribution in [2.45, 2.75) is 26.4 Å². The molecule has 0 amide bonds. The highest BCUT2D eigenvalue weighted by Crippen LogP contribution is 2.22. The summed E-state index contributed by atoms with van der Waals surface area (Å²) in [5.41, 5.74) is 5.89. The highest BCUT2D eigenvalue weighted by atomic mass is 16.6. The van der Waals surface area contributed by atoms with E-state index in [2.05, 4.69) is 10.3 Å². The Morgan fingerprint density at radius 3 is 2.62 bits per heavy atom. The van der Waals surface area contributed by atoms with Crippen LogP contribution in [0.3, 0.4) is 0 Å². The molecule has 0 aliphatic rings. The monoisotopic (exact) mass is 223 g/mol. The van der Waals surface area contributed by atoms with Crippen LogP contribution in [0.4, 0.5) is 11.5 Å². The molecule has 0 radical (unpaired) electrons. The number of esters is 1. The fourth-order valence-corrected chi connectivity index (χ4v) is 1.18. The number of pyridine rings is 1. The summed E-state index contributed by atoms with van der Waals surface area (Å²) >= 11 is 0. The lowest BCUT2D eigenvalue weighted by molar-refractivity contribution is 0.00707. The van der Waals surface area contributed by atoms with E-state index in [9.17, 15) is 4.79 Å². The molecule has 16 heavy (non-hydrogen) atoms. The first-order valence-corrected chi connectivity index (χ1v) is 5.00. The van der Waals surface area contributed by atoms with Gasteiger partial charge in [-0.2, -0.15) is 0 Å². The van der Waals surface area contributed by atoms with E-state index in [0.717, 1.165) is 0 Å². The summed E-state index contributed by atoms with van der Waals surface area (Å²) in [7, 11) is 1.69. The number of rotatable bonds is 2. The van der Waals surface area contributed by atoms with Crippen molar-refractivity contribution in [1.29, 1.82) is 0 Å². The van der Waals surface area contributed by atoms with Gasteiger partial charge in [0.25, 0.3) is 0 Å². The van der Waals surface area contributed by atoms with Crippen molar-refractivity contribution in [3.63, 3.8) is 0 Å². The minimum atomic E-state index is -0.535. The lowest BCUT2D eigenvalue weighted by atomic mass is 10.1. The SMILES string of the molecule is CNc1nccc(C(=O)OC(C)(C)C)c1N. The molecule has 3 N–H and O–H groups in total. The van der Waals surface area contributed by atoms with E-state index in [1.807, 2.05) is 0 Å². The Morgan fingerprint density at radius 2 is 2.12 bits per heavy atom. The van der Waals surface area contributed by atoms with Gasteiger partial charge >= 0.3 is 5.97 Å². The second-order valence-corrected chi connectivity index (χ2v) is 4.37. The highest BCUT2D eigenvalue weighted by molar-refractivity contribution is 5.97. The smallest absolute Gasteiger partial charge is 0.340 e. The van der Waals surface area contributed by atoms with E-state index < -0.39 is 11.6 Å². The summed E-state index contributed by atoms with van der Waals surface area (Å²) in [5, 5.41) is 2.81. The Kier molecular flexibility index (Phi) is 3.37. The first-order valence-electron chi connectivity index (χ1n) is 5.00. The van der Waals surface area contributed by atoms with Gasteiger partial charge in [0.05, 0.1) is 11.3 Å². The van der Waals surface area contributed by atoms with Crippen molar-refractivity contribution in [2.24, 2.45) is 0 Å². The summed E-state index contributed by atoms with van der Waals surface area (Å²) in [6, 6.07) is 1.55. The second-order valence-electron chi connectivity index (χ2n) is 4.37. The molecular weight excluding hydrogens is 206 g/mol. The first kappa shape index (κ1) is 12.3. The fraction of sp³-hybridized carbons (Fsp3) is 0.455. The van der Waals surface area contributed by atoms with Gasteiger partial charge in [-0.25, -0.2) is 9.78 Å². The largest absolute Gasteiger partial charge is 0.456 e. The predicted octanol–water partition coefficient (Wildman–Crippen LogP) is 1.66. The highest BCUT2D eigenvalue weighted by Gasteiger charge is 2.20. The van der Waals surface area contributed by atoms with Crippen molar-refractivity contribution in [3.8, 4) is 0 Å². The molecule has 0 fully saturated rings. The number of nitrogens with two attached hydrogens (primary N) is 1. The second kappa shape index (κ2) is 4.38.